The number of halogens is 1. The zero-order valence-corrected chi connectivity index (χ0v) is 16.4. The molecule has 0 radical (unpaired) electrons. The van der Waals surface area contributed by atoms with Gasteiger partial charge in [0.25, 0.3) is 0 Å². The molecule has 4 aromatic rings. The average molecular weight is 420 g/mol. The van der Waals surface area contributed by atoms with E-state index in [1.54, 1.807) is 43.5 Å². The molecule has 0 saturated heterocycles. The van der Waals surface area contributed by atoms with Crippen molar-refractivity contribution in [2.75, 3.05) is 7.11 Å². The highest BCUT2D eigenvalue weighted by Gasteiger charge is 2.14. The standard InChI is InChI=1S/C22H14ClN3O4/c1-29-14-3-6-18-19(10-14)26-21(25-18)13(11-24)8-15-4-7-20(30-15)16-9-12(22(27)28)2-5-17(16)23/h2-10H,1H3,(H,25,26)(H,27,28)/b13-8+. The van der Waals surface area contributed by atoms with Crippen LogP contribution in [0, 0.1) is 11.3 Å². The van der Waals surface area contributed by atoms with Crippen LogP contribution in [0.2, 0.25) is 5.02 Å². The molecule has 148 valence electrons. The maximum atomic E-state index is 11.2. The average Bonchev–Trinajstić information content (AvgIpc) is 3.38. The summed E-state index contributed by atoms with van der Waals surface area (Å²) in [6.07, 6.45) is 1.55. The number of hydrogen-bond donors (Lipinski definition) is 2. The predicted octanol–water partition coefficient (Wildman–Crippen LogP) is 5.25. The lowest BCUT2D eigenvalue weighted by Gasteiger charge is -2.02. The summed E-state index contributed by atoms with van der Waals surface area (Å²) < 4.78 is 11.0. The molecule has 0 amide bonds. The largest absolute Gasteiger partial charge is 0.497 e. The Kier molecular flexibility index (Phi) is 5.00. The molecule has 0 bridgehead atoms. The van der Waals surface area contributed by atoms with Crippen LogP contribution in [0.4, 0.5) is 0 Å². The second kappa shape index (κ2) is 7.78. The molecule has 4 rings (SSSR count). The van der Waals surface area contributed by atoms with Crippen LogP contribution in [-0.2, 0) is 0 Å². The third-order valence-electron chi connectivity index (χ3n) is 4.46. The van der Waals surface area contributed by atoms with Gasteiger partial charge in [0.05, 0.1) is 34.3 Å². The molecule has 2 N–H and O–H groups in total. The Balaban J connectivity index is 1.70. The van der Waals surface area contributed by atoms with E-state index in [1.807, 2.05) is 0 Å². The second-order valence-electron chi connectivity index (χ2n) is 6.34. The minimum atomic E-state index is -1.06. The normalized spacial score (nSPS) is 11.4. The number of nitriles is 1. The molecule has 0 aliphatic rings. The number of carboxylic acid groups (broad SMARTS) is 1. The van der Waals surface area contributed by atoms with Crippen LogP contribution in [0.1, 0.15) is 21.9 Å². The number of H-pyrrole nitrogens is 1. The van der Waals surface area contributed by atoms with Gasteiger partial charge in [-0.25, -0.2) is 9.78 Å². The molecule has 30 heavy (non-hydrogen) atoms. The summed E-state index contributed by atoms with van der Waals surface area (Å²) in [5.74, 6) is 0.797. The molecule has 2 aromatic carbocycles. The molecular weight excluding hydrogens is 406 g/mol. The van der Waals surface area contributed by atoms with Crippen LogP contribution < -0.4 is 4.74 Å². The Morgan fingerprint density at radius 1 is 1.27 bits per heavy atom. The van der Waals surface area contributed by atoms with E-state index in [9.17, 15) is 15.2 Å². The first-order valence-corrected chi connectivity index (χ1v) is 9.15. The molecule has 0 aliphatic heterocycles. The zero-order chi connectivity index (χ0) is 21.3. The van der Waals surface area contributed by atoms with E-state index < -0.39 is 5.97 Å². The fourth-order valence-electron chi connectivity index (χ4n) is 2.96. The summed E-state index contributed by atoms with van der Waals surface area (Å²) >= 11 is 6.20. The van der Waals surface area contributed by atoms with Gasteiger partial charge in [0.15, 0.2) is 0 Å². The van der Waals surface area contributed by atoms with Crippen molar-refractivity contribution in [3.8, 4) is 23.1 Å². The number of ether oxygens (including phenoxy) is 1. The van der Waals surface area contributed by atoms with E-state index in [0.717, 1.165) is 5.52 Å². The van der Waals surface area contributed by atoms with Crippen LogP contribution in [0.25, 0.3) is 34.0 Å². The van der Waals surface area contributed by atoms with Gasteiger partial charge in [0.2, 0.25) is 0 Å². The number of allylic oxidation sites excluding steroid dienone is 1. The van der Waals surface area contributed by atoms with Crippen molar-refractivity contribution in [3.05, 3.63) is 70.7 Å². The smallest absolute Gasteiger partial charge is 0.335 e. The number of aromatic carboxylic acids is 1. The zero-order valence-electron chi connectivity index (χ0n) is 15.6. The molecular formula is C22H14ClN3O4. The first kappa shape index (κ1) is 19.3. The molecule has 2 heterocycles. The first-order chi connectivity index (χ1) is 14.5. The number of rotatable bonds is 5. The van der Waals surface area contributed by atoms with Crippen LogP contribution in [0.15, 0.2) is 52.9 Å². The van der Waals surface area contributed by atoms with E-state index in [-0.39, 0.29) is 11.1 Å². The highest BCUT2D eigenvalue weighted by molar-refractivity contribution is 6.33. The summed E-state index contributed by atoms with van der Waals surface area (Å²) in [6.45, 7) is 0. The Morgan fingerprint density at radius 3 is 2.83 bits per heavy atom. The number of nitrogens with zero attached hydrogens (tertiary/aromatic N) is 2. The number of nitrogens with one attached hydrogen (secondary N) is 1. The van der Waals surface area contributed by atoms with Crippen molar-refractivity contribution in [3.63, 3.8) is 0 Å². The van der Waals surface area contributed by atoms with Crippen molar-refractivity contribution in [2.24, 2.45) is 0 Å². The van der Waals surface area contributed by atoms with Crippen LogP contribution >= 0.6 is 11.6 Å². The van der Waals surface area contributed by atoms with E-state index >= 15 is 0 Å². The number of aromatic nitrogens is 2. The summed E-state index contributed by atoms with van der Waals surface area (Å²) in [5.41, 5.74) is 2.26. The molecule has 0 spiro atoms. The van der Waals surface area contributed by atoms with Crippen LogP contribution in [-0.4, -0.2) is 28.2 Å². The van der Waals surface area contributed by atoms with E-state index in [2.05, 4.69) is 16.0 Å². The maximum Gasteiger partial charge on any atom is 0.335 e. The third-order valence-corrected chi connectivity index (χ3v) is 4.79. The minimum Gasteiger partial charge on any atom is -0.497 e. The van der Waals surface area contributed by atoms with E-state index in [4.69, 9.17) is 20.8 Å². The van der Waals surface area contributed by atoms with Gasteiger partial charge < -0.3 is 19.2 Å². The number of imidazole rings is 1. The fourth-order valence-corrected chi connectivity index (χ4v) is 3.17. The van der Waals surface area contributed by atoms with Crippen molar-refractivity contribution >= 4 is 40.3 Å². The van der Waals surface area contributed by atoms with Crippen LogP contribution in [0.3, 0.4) is 0 Å². The van der Waals surface area contributed by atoms with Gasteiger partial charge in [-0.2, -0.15) is 5.26 Å². The summed E-state index contributed by atoms with van der Waals surface area (Å²) in [7, 11) is 1.58. The SMILES string of the molecule is COc1ccc2nc(/C(C#N)=C/c3ccc(-c4cc(C(=O)O)ccc4Cl)o3)[nH]c2c1. The Bertz CT molecular complexity index is 1340. The molecule has 8 heteroatoms. The number of carboxylic acids is 1. The van der Waals surface area contributed by atoms with E-state index in [0.29, 0.717) is 39.2 Å². The fraction of sp³-hybridized carbons (Fsp3) is 0.0455. The number of methoxy groups -OCH3 is 1. The molecule has 0 atom stereocenters. The lowest BCUT2D eigenvalue weighted by Crippen LogP contribution is -1.96. The second-order valence-corrected chi connectivity index (χ2v) is 6.75. The maximum absolute atomic E-state index is 11.2. The first-order valence-electron chi connectivity index (χ1n) is 8.77. The molecule has 0 unspecified atom stereocenters. The van der Waals surface area contributed by atoms with Gasteiger partial charge in [-0.1, -0.05) is 11.6 Å². The quantitative estimate of drug-likeness (QED) is 0.427. The van der Waals surface area contributed by atoms with Gasteiger partial charge >= 0.3 is 5.97 Å². The lowest BCUT2D eigenvalue weighted by atomic mass is 10.1. The predicted molar refractivity (Wildman–Crippen MR) is 112 cm³/mol. The van der Waals surface area contributed by atoms with Gasteiger partial charge in [-0.05, 0) is 42.5 Å². The number of fused-ring (bicyclic) bond motifs is 1. The van der Waals surface area contributed by atoms with Crippen molar-refractivity contribution in [2.45, 2.75) is 0 Å². The number of aromatic amines is 1. The van der Waals surface area contributed by atoms with E-state index in [1.165, 1.54) is 18.2 Å². The molecule has 0 aliphatic carbocycles. The Hall–Kier alpha value is -4.02. The Morgan fingerprint density at radius 2 is 2.10 bits per heavy atom. The molecule has 7 nitrogen and oxygen atoms in total. The van der Waals surface area contributed by atoms with Crippen molar-refractivity contribution < 1.29 is 19.1 Å². The third kappa shape index (κ3) is 3.64. The van der Waals surface area contributed by atoms with Gasteiger partial charge in [0, 0.05) is 17.7 Å². The summed E-state index contributed by atoms with van der Waals surface area (Å²) in [6, 6.07) is 15.2. The molecule has 0 fully saturated rings. The van der Waals surface area contributed by atoms with Crippen molar-refractivity contribution in [1.29, 1.82) is 5.26 Å². The number of hydrogen-bond acceptors (Lipinski definition) is 5. The topological polar surface area (TPSA) is 112 Å². The molecule has 0 saturated carbocycles. The van der Waals surface area contributed by atoms with Gasteiger partial charge in [-0.3, -0.25) is 0 Å². The van der Waals surface area contributed by atoms with Gasteiger partial charge in [0.1, 0.15) is 29.2 Å². The van der Waals surface area contributed by atoms with Crippen LogP contribution in [0.5, 0.6) is 5.75 Å². The number of carbonyl (C=O) groups is 1. The minimum absolute atomic E-state index is 0.0957. The summed E-state index contributed by atoms with van der Waals surface area (Å²) in [4.78, 5) is 18.8. The highest BCUT2D eigenvalue weighted by Crippen LogP contribution is 2.31. The van der Waals surface area contributed by atoms with Crippen molar-refractivity contribution in [1.82, 2.24) is 9.97 Å². The Labute approximate surface area is 175 Å². The molecule has 2 aromatic heterocycles. The summed E-state index contributed by atoms with van der Waals surface area (Å²) in [5, 5.41) is 19.1. The highest BCUT2D eigenvalue weighted by atomic mass is 35.5. The monoisotopic (exact) mass is 419 g/mol. The lowest BCUT2D eigenvalue weighted by molar-refractivity contribution is 0.0697. The van der Waals surface area contributed by atoms with Gasteiger partial charge in [-0.15, -0.1) is 0 Å². The number of furan rings is 1. The number of benzene rings is 2.